The monoisotopic (exact) mass is 189 g/mol. The van der Waals surface area contributed by atoms with Crippen LogP contribution < -0.4 is 0 Å². The molecule has 77 valence electrons. The third-order valence-corrected chi connectivity index (χ3v) is 3.11. The molecule has 1 aliphatic heterocycles. The number of aliphatic hydroxyl groups is 1. The van der Waals surface area contributed by atoms with Gasteiger partial charge in [-0.1, -0.05) is 0 Å². The second-order valence-electron chi connectivity index (χ2n) is 5.26. The summed E-state index contributed by atoms with van der Waals surface area (Å²) in [6.07, 6.45) is 0.199. The highest BCUT2D eigenvalue weighted by Crippen LogP contribution is 2.42. The summed E-state index contributed by atoms with van der Waals surface area (Å²) in [6.45, 7) is 6.74. The molecule has 13 heavy (non-hydrogen) atoms. The minimum atomic E-state index is -1.27. The Bertz CT molecular complexity index is 191. The highest BCUT2D eigenvalue weighted by molar-refractivity contribution is 4.86. The first-order chi connectivity index (χ1) is 5.60. The molecule has 1 fully saturated rings. The fraction of sp³-hybridized carbons (Fsp3) is 1.00. The molecule has 1 aliphatic rings. The van der Waals surface area contributed by atoms with Gasteiger partial charge < -0.3 is 5.11 Å². The van der Waals surface area contributed by atoms with E-state index in [0.29, 0.717) is 12.8 Å². The number of hydrogen-bond donors (Lipinski definition) is 2. The molecule has 0 bridgehead atoms. The molecule has 1 radical (unpaired) electrons. The molecule has 0 aromatic carbocycles. The summed E-state index contributed by atoms with van der Waals surface area (Å²) in [6, 6.07) is 0. The minimum Gasteiger partial charge on any atom is -0.393 e. The normalized spacial score (nSPS) is 31.6. The fourth-order valence-corrected chi connectivity index (χ4v) is 2.29. The number of nitrogens with zero attached hydrogens (tertiary/aromatic N) is 1. The van der Waals surface area contributed by atoms with Crippen molar-refractivity contribution in [2.75, 3.05) is 0 Å². The molecular weight excluding hydrogens is 170 g/mol. The highest BCUT2D eigenvalue weighted by atomic mass is 16.8. The van der Waals surface area contributed by atoms with Crippen LogP contribution in [0.15, 0.2) is 0 Å². The Morgan fingerprint density at radius 3 is 1.77 bits per heavy atom. The van der Waals surface area contributed by atoms with E-state index < -0.39 is 22.0 Å². The second kappa shape index (κ2) is 2.67. The van der Waals surface area contributed by atoms with Crippen molar-refractivity contribution in [3.63, 3.8) is 0 Å². The summed E-state index contributed by atoms with van der Waals surface area (Å²) in [4.78, 5) is -1.27. The fourth-order valence-electron chi connectivity index (χ4n) is 2.29. The van der Waals surface area contributed by atoms with Gasteiger partial charge in [0.1, 0.15) is 0 Å². The molecule has 4 nitrogen and oxygen atoms in total. The first-order valence-corrected chi connectivity index (χ1v) is 4.61. The van der Waals surface area contributed by atoms with Crippen LogP contribution in [0.3, 0.4) is 0 Å². The largest absolute Gasteiger partial charge is 0.393 e. The van der Waals surface area contributed by atoms with E-state index >= 15 is 0 Å². The smallest absolute Gasteiger partial charge is 0.163 e. The van der Waals surface area contributed by atoms with Gasteiger partial charge in [0.15, 0.2) is 11.1 Å². The number of hydrogen-bond acceptors (Lipinski definition) is 2. The molecule has 0 aliphatic carbocycles. The number of aliphatic hydroxyl groups excluding tert-OH is 1. The maximum absolute atomic E-state index is 12.0. The molecular formula is C9H19NO3+. The van der Waals surface area contributed by atoms with Crippen LogP contribution in [0.4, 0.5) is 0 Å². The van der Waals surface area contributed by atoms with E-state index in [1.807, 2.05) is 0 Å². The molecule has 1 saturated heterocycles. The van der Waals surface area contributed by atoms with Crippen molar-refractivity contribution >= 4 is 0 Å². The lowest BCUT2D eigenvalue weighted by molar-refractivity contribution is -1.32. The Hall–Kier alpha value is -0.160. The zero-order valence-electron chi connectivity index (χ0n) is 8.74. The molecule has 0 saturated carbocycles. The van der Waals surface area contributed by atoms with Gasteiger partial charge in [0.05, 0.1) is 11.3 Å². The molecule has 1 rings (SSSR count). The zero-order valence-corrected chi connectivity index (χ0v) is 8.74. The maximum Gasteiger partial charge on any atom is 0.163 e. The van der Waals surface area contributed by atoms with Crippen LogP contribution in [-0.4, -0.2) is 32.3 Å². The van der Waals surface area contributed by atoms with Gasteiger partial charge in [-0.2, -0.15) is 5.21 Å². The average molecular weight is 189 g/mol. The standard InChI is InChI=1S/C9H19NO3/c1-8(2)5-7(11)6-9(3,4)10(8,12)13/h7,11-12H,5-6H2,1-4H3/q+1. The number of quaternary nitrogens is 1. The van der Waals surface area contributed by atoms with E-state index in [1.165, 1.54) is 0 Å². The molecule has 0 aromatic heterocycles. The molecule has 1 heterocycles. The summed E-state index contributed by atoms with van der Waals surface area (Å²) in [5, 5.41) is 31.3. The molecule has 0 spiro atoms. The van der Waals surface area contributed by atoms with Crippen molar-refractivity contribution in [2.24, 2.45) is 0 Å². The summed E-state index contributed by atoms with van der Waals surface area (Å²) < 4.78 is 0. The van der Waals surface area contributed by atoms with E-state index in [0.717, 1.165) is 0 Å². The van der Waals surface area contributed by atoms with Gasteiger partial charge in [0, 0.05) is 17.7 Å². The Labute approximate surface area is 78.9 Å². The van der Waals surface area contributed by atoms with Crippen LogP contribution in [0.1, 0.15) is 40.5 Å². The van der Waals surface area contributed by atoms with Gasteiger partial charge in [-0.05, 0) is 27.7 Å². The van der Waals surface area contributed by atoms with Gasteiger partial charge in [-0.25, -0.2) is 0 Å². The third-order valence-electron chi connectivity index (χ3n) is 3.11. The third kappa shape index (κ3) is 1.48. The summed E-state index contributed by atoms with van der Waals surface area (Å²) in [5.74, 6) is 0. The van der Waals surface area contributed by atoms with E-state index in [1.54, 1.807) is 27.7 Å². The van der Waals surface area contributed by atoms with Crippen molar-refractivity contribution in [1.82, 2.24) is 0 Å². The number of rotatable bonds is 0. The molecule has 2 N–H and O–H groups in total. The van der Waals surface area contributed by atoms with Gasteiger partial charge in [0.25, 0.3) is 0 Å². The SMILES string of the molecule is CC1(C)CC(O)CC(C)(C)[N+]1([O])O. The van der Waals surface area contributed by atoms with Crippen LogP contribution >= 0.6 is 0 Å². The topological polar surface area (TPSA) is 60.4 Å². The van der Waals surface area contributed by atoms with E-state index in [-0.39, 0.29) is 0 Å². The number of hydroxylamine groups is 4. The van der Waals surface area contributed by atoms with Crippen LogP contribution in [0.5, 0.6) is 0 Å². The Morgan fingerprint density at radius 1 is 1.15 bits per heavy atom. The predicted molar refractivity (Wildman–Crippen MR) is 46.1 cm³/mol. The lowest BCUT2D eigenvalue weighted by Gasteiger charge is -2.49. The highest BCUT2D eigenvalue weighted by Gasteiger charge is 2.61. The average Bonchev–Trinajstić information content (AvgIpc) is 1.80. The van der Waals surface area contributed by atoms with Gasteiger partial charge in [-0.15, -0.1) is 0 Å². The van der Waals surface area contributed by atoms with Crippen molar-refractivity contribution < 1.29 is 20.3 Å². The molecule has 0 amide bonds. The van der Waals surface area contributed by atoms with Gasteiger partial charge in [-0.3, -0.25) is 0 Å². The number of piperidine rings is 1. The molecule has 0 aromatic rings. The van der Waals surface area contributed by atoms with Crippen molar-refractivity contribution in [3.05, 3.63) is 0 Å². The van der Waals surface area contributed by atoms with Gasteiger partial charge >= 0.3 is 0 Å². The van der Waals surface area contributed by atoms with E-state index in [9.17, 15) is 15.5 Å². The zero-order chi connectivity index (χ0) is 10.5. The Balaban J connectivity index is 3.03. The molecule has 4 heteroatoms. The molecule has 0 unspecified atom stereocenters. The lowest BCUT2D eigenvalue weighted by Crippen LogP contribution is -2.71. The van der Waals surface area contributed by atoms with Crippen LogP contribution in [-0.2, 0) is 5.21 Å². The minimum absolute atomic E-state index is 0.344. The summed E-state index contributed by atoms with van der Waals surface area (Å²) in [5.41, 5.74) is -1.66. The Morgan fingerprint density at radius 2 is 1.46 bits per heavy atom. The van der Waals surface area contributed by atoms with Crippen LogP contribution in [0, 0.1) is 0 Å². The van der Waals surface area contributed by atoms with Crippen molar-refractivity contribution in [3.8, 4) is 0 Å². The van der Waals surface area contributed by atoms with Crippen molar-refractivity contribution in [2.45, 2.75) is 57.7 Å². The molecule has 0 atom stereocenters. The summed E-state index contributed by atoms with van der Waals surface area (Å²) in [7, 11) is 0. The van der Waals surface area contributed by atoms with Gasteiger partial charge in [0.2, 0.25) is 0 Å². The quantitative estimate of drug-likeness (QED) is 0.563. The van der Waals surface area contributed by atoms with E-state index in [4.69, 9.17) is 0 Å². The Kier molecular flexibility index (Phi) is 2.24. The second-order valence-corrected chi connectivity index (χ2v) is 5.26. The first kappa shape index (κ1) is 10.9. The predicted octanol–water partition coefficient (Wildman–Crippen LogP) is 1.25. The summed E-state index contributed by atoms with van der Waals surface area (Å²) >= 11 is 0. The lowest BCUT2D eigenvalue weighted by atomic mass is 9.79. The van der Waals surface area contributed by atoms with E-state index in [2.05, 4.69) is 0 Å². The first-order valence-electron chi connectivity index (χ1n) is 4.61. The van der Waals surface area contributed by atoms with Crippen LogP contribution in [0.2, 0.25) is 0 Å². The van der Waals surface area contributed by atoms with Crippen molar-refractivity contribution in [1.29, 1.82) is 0 Å². The van der Waals surface area contributed by atoms with Crippen LogP contribution in [0.25, 0.3) is 0 Å². The maximum atomic E-state index is 12.0.